The van der Waals surface area contributed by atoms with Gasteiger partial charge in [-0.05, 0) is 45.2 Å². The molecule has 2 aliphatic heterocycles. The first-order valence-corrected chi connectivity index (χ1v) is 7.68. The Morgan fingerprint density at radius 1 is 1.21 bits per heavy atom. The highest BCUT2D eigenvalue weighted by molar-refractivity contribution is 6.16. The number of fused-ring (bicyclic) bond motifs is 2. The van der Waals surface area contributed by atoms with E-state index in [1.807, 2.05) is 0 Å². The van der Waals surface area contributed by atoms with Gasteiger partial charge in [0.05, 0.1) is 26.6 Å². The average molecular weight is 262 g/mol. The van der Waals surface area contributed by atoms with Crippen LogP contribution >= 0.6 is 0 Å². The van der Waals surface area contributed by atoms with Crippen LogP contribution < -0.4 is 5.73 Å². The van der Waals surface area contributed by atoms with Gasteiger partial charge in [0, 0.05) is 5.54 Å². The molecule has 0 amide bonds. The van der Waals surface area contributed by atoms with Gasteiger partial charge in [-0.2, -0.15) is 0 Å². The Hall–Kier alpha value is -0.0551. The summed E-state index contributed by atoms with van der Waals surface area (Å²) >= 11 is 0. The molecule has 3 rings (SSSR count). The lowest BCUT2D eigenvalue weighted by molar-refractivity contribution is -0.196. The van der Waals surface area contributed by atoms with E-state index in [1.54, 1.807) is 0 Å². The van der Waals surface area contributed by atoms with Crippen molar-refractivity contribution >= 4 is 7.85 Å². The highest BCUT2D eigenvalue weighted by Crippen LogP contribution is 2.56. The molecule has 106 valence electrons. The molecule has 3 aliphatic rings. The number of ether oxygens (including phenoxy) is 1. The number of rotatable bonds is 0. The summed E-state index contributed by atoms with van der Waals surface area (Å²) < 4.78 is 5.58. The zero-order chi connectivity index (χ0) is 13.9. The molecule has 4 heteroatoms. The Labute approximate surface area is 118 Å². The van der Waals surface area contributed by atoms with Gasteiger partial charge in [-0.3, -0.25) is 4.90 Å². The number of likely N-dealkylation sites (N-methyl/N-ethyl adjacent to an activating group) is 1. The molecule has 1 aliphatic carbocycles. The molecule has 19 heavy (non-hydrogen) atoms. The predicted molar refractivity (Wildman–Crippen MR) is 78.3 cm³/mol. The summed E-state index contributed by atoms with van der Waals surface area (Å²) in [7, 11) is 8.82. The van der Waals surface area contributed by atoms with Gasteiger partial charge in [-0.15, -0.1) is 0 Å². The Bertz CT molecular complexity index is 365. The van der Waals surface area contributed by atoms with Crippen LogP contribution in [0.25, 0.3) is 0 Å². The van der Waals surface area contributed by atoms with Crippen molar-refractivity contribution in [1.82, 2.24) is 4.90 Å². The van der Waals surface area contributed by atoms with Gasteiger partial charge >= 0.3 is 0 Å². The lowest BCUT2D eigenvalue weighted by Gasteiger charge is -2.61. The van der Waals surface area contributed by atoms with Crippen molar-refractivity contribution in [3.63, 3.8) is 0 Å². The zero-order valence-corrected chi connectivity index (χ0v) is 12.6. The van der Waals surface area contributed by atoms with Crippen LogP contribution in [0.2, 0.25) is 5.31 Å². The van der Waals surface area contributed by atoms with Crippen LogP contribution in [0, 0.1) is 11.8 Å². The molecule has 4 unspecified atom stereocenters. The topological polar surface area (TPSA) is 38.5 Å². The van der Waals surface area contributed by atoms with Gasteiger partial charge in [0.15, 0.2) is 0 Å². The van der Waals surface area contributed by atoms with E-state index in [4.69, 9.17) is 18.3 Å². The van der Waals surface area contributed by atoms with Gasteiger partial charge < -0.3 is 10.5 Å². The van der Waals surface area contributed by atoms with Gasteiger partial charge in [-0.1, -0.05) is 25.1 Å². The van der Waals surface area contributed by atoms with E-state index >= 15 is 0 Å². The quantitative estimate of drug-likeness (QED) is 0.673. The van der Waals surface area contributed by atoms with Gasteiger partial charge in [0.25, 0.3) is 0 Å². The van der Waals surface area contributed by atoms with E-state index in [0.717, 1.165) is 26.2 Å². The molecular formula is C15H27BN2O. The molecule has 3 fully saturated rings. The third-order valence-corrected chi connectivity index (χ3v) is 6.63. The Morgan fingerprint density at radius 2 is 1.89 bits per heavy atom. The molecule has 2 saturated heterocycles. The monoisotopic (exact) mass is 262 g/mol. The van der Waals surface area contributed by atoms with Crippen LogP contribution in [0.3, 0.4) is 0 Å². The van der Waals surface area contributed by atoms with Crippen LogP contribution in [-0.2, 0) is 4.74 Å². The van der Waals surface area contributed by atoms with Crippen LogP contribution in [-0.4, -0.2) is 50.6 Å². The third kappa shape index (κ3) is 1.76. The molecule has 0 aromatic rings. The molecule has 0 bridgehead atoms. The fraction of sp³-hybridized carbons (Fsp3) is 1.00. The molecular weight excluding hydrogens is 235 g/mol. The number of piperidine rings is 1. The van der Waals surface area contributed by atoms with Gasteiger partial charge in [0.1, 0.15) is 0 Å². The second kappa shape index (κ2) is 4.22. The lowest BCUT2D eigenvalue weighted by Crippen LogP contribution is -2.72. The van der Waals surface area contributed by atoms with Crippen LogP contribution in [0.4, 0.5) is 0 Å². The second-order valence-corrected chi connectivity index (χ2v) is 7.61. The maximum absolute atomic E-state index is 6.77. The van der Waals surface area contributed by atoms with Crippen molar-refractivity contribution in [2.75, 3.05) is 26.8 Å². The summed E-state index contributed by atoms with van der Waals surface area (Å²) in [6.07, 6.45) is 4.64. The molecule has 0 aromatic carbocycles. The summed E-state index contributed by atoms with van der Waals surface area (Å²) in [5.74, 6) is 1.16. The van der Waals surface area contributed by atoms with E-state index in [9.17, 15) is 0 Å². The van der Waals surface area contributed by atoms with Crippen LogP contribution in [0.5, 0.6) is 0 Å². The second-order valence-electron chi connectivity index (χ2n) is 7.61. The van der Waals surface area contributed by atoms with E-state index < -0.39 is 0 Å². The van der Waals surface area contributed by atoms with E-state index in [-0.39, 0.29) is 16.4 Å². The number of hydrogen-bond donors (Lipinski definition) is 1. The molecule has 4 atom stereocenters. The first-order valence-electron chi connectivity index (χ1n) is 7.68. The highest BCUT2D eigenvalue weighted by Gasteiger charge is 2.59. The van der Waals surface area contributed by atoms with Crippen molar-refractivity contribution in [1.29, 1.82) is 0 Å². The largest absolute Gasteiger partial charge is 0.377 e. The SMILES string of the molecule is [B]C1(C)CCCC2C(CCN(C)C23COC3)C1(C)N. The fourth-order valence-electron chi connectivity index (χ4n) is 4.73. The molecule has 3 nitrogen and oxygen atoms in total. The minimum atomic E-state index is -0.280. The van der Waals surface area contributed by atoms with Crippen molar-refractivity contribution in [3.05, 3.63) is 0 Å². The number of nitrogens with zero attached hydrogens (tertiary/aromatic N) is 1. The molecule has 1 saturated carbocycles. The lowest BCUT2D eigenvalue weighted by atomic mass is 9.50. The number of hydrogen-bond acceptors (Lipinski definition) is 3. The van der Waals surface area contributed by atoms with Crippen LogP contribution in [0.1, 0.15) is 39.5 Å². The van der Waals surface area contributed by atoms with E-state index in [2.05, 4.69) is 25.8 Å². The maximum Gasteiger partial charge on any atom is 0.0767 e. The summed E-state index contributed by atoms with van der Waals surface area (Å²) in [6, 6.07) is 0. The summed E-state index contributed by atoms with van der Waals surface area (Å²) in [6.45, 7) is 7.21. The first kappa shape index (κ1) is 13.9. The van der Waals surface area contributed by atoms with Gasteiger partial charge in [0.2, 0.25) is 0 Å². The Balaban J connectivity index is 1.97. The zero-order valence-electron chi connectivity index (χ0n) is 12.6. The summed E-state index contributed by atoms with van der Waals surface area (Å²) in [4.78, 5) is 2.52. The smallest absolute Gasteiger partial charge is 0.0767 e. The average Bonchev–Trinajstić information content (AvgIpc) is 2.33. The normalized spacial score (nSPS) is 50.3. The summed E-state index contributed by atoms with van der Waals surface area (Å²) in [5.41, 5.74) is 6.73. The molecule has 2 radical (unpaired) electrons. The van der Waals surface area contributed by atoms with Crippen molar-refractivity contribution in [2.45, 2.75) is 55.9 Å². The third-order valence-electron chi connectivity index (χ3n) is 6.63. The molecule has 1 spiro atoms. The predicted octanol–water partition coefficient (Wildman–Crippen LogP) is 1.57. The van der Waals surface area contributed by atoms with E-state index in [0.29, 0.717) is 11.8 Å². The first-order chi connectivity index (χ1) is 8.81. The fourth-order valence-corrected chi connectivity index (χ4v) is 4.73. The standard InChI is InChI=1S/C15H27BN2O/c1-13(16)7-4-5-12-11(14(13,2)17)6-8-18(3)15(12)9-19-10-15/h11-12H,4-10,17H2,1-3H3. The van der Waals surface area contributed by atoms with Crippen molar-refractivity contribution in [3.8, 4) is 0 Å². The van der Waals surface area contributed by atoms with Gasteiger partial charge in [-0.25, -0.2) is 0 Å². The molecule has 2 heterocycles. The Morgan fingerprint density at radius 3 is 2.47 bits per heavy atom. The van der Waals surface area contributed by atoms with E-state index in [1.165, 1.54) is 19.3 Å². The molecule has 2 N–H and O–H groups in total. The van der Waals surface area contributed by atoms with Crippen LogP contribution in [0.15, 0.2) is 0 Å². The Kier molecular flexibility index (Phi) is 3.09. The molecule has 0 aromatic heterocycles. The van der Waals surface area contributed by atoms with Crippen molar-refractivity contribution in [2.24, 2.45) is 17.6 Å². The summed E-state index contributed by atoms with van der Waals surface area (Å²) in [5, 5.41) is -0.256. The highest BCUT2D eigenvalue weighted by atomic mass is 16.5. The number of likely N-dealkylation sites (tertiary alicyclic amines) is 1. The van der Waals surface area contributed by atoms with Crippen molar-refractivity contribution < 1.29 is 4.74 Å². The minimum Gasteiger partial charge on any atom is -0.377 e. The minimum absolute atomic E-state index is 0.240. The number of nitrogens with two attached hydrogens (primary N) is 1. The maximum atomic E-state index is 6.77.